The Bertz CT molecular complexity index is 223. The normalized spacial score (nSPS) is 17.3. The van der Waals surface area contributed by atoms with E-state index in [1.807, 2.05) is 0 Å². The third-order valence-electron chi connectivity index (χ3n) is 2.49. The van der Waals surface area contributed by atoms with Crippen LogP contribution in [0, 0.1) is 0 Å². The Morgan fingerprint density at radius 2 is 1.93 bits per heavy atom. The summed E-state index contributed by atoms with van der Waals surface area (Å²) in [5.74, 6) is -2.42. The van der Waals surface area contributed by atoms with Gasteiger partial charge in [0.2, 0.25) is 0 Å². The fraction of sp³-hybridized carbons (Fsp3) is 0.800. The van der Waals surface area contributed by atoms with Gasteiger partial charge in [-0.15, -0.1) is 0 Å². The molecule has 0 aromatic heterocycles. The molecule has 0 atom stereocenters. The topological polar surface area (TPSA) is 75.6 Å². The molecule has 86 valence electrons. The van der Waals surface area contributed by atoms with Crippen LogP contribution < -0.4 is 5.32 Å². The largest absolute Gasteiger partial charge is 0.474 e. The van der Waals surface area contributed by atoms with E-state index in [2.05, 4.69) is 5.32 Å². The molecular weight excluding hydrogens is 198 g/mol. The van der Waals surface area contributed by atoms with Crippen LogP contribution in [0.25, 0.3) is 0 Å². The highest BCUT2D eigenvalue weighted by molar-refractivity contribution is 6.31. The highest BCUT2D eigenvalue weighted by Crippen LogP contribution is 2.19. The predicted octanol–water partition coefficient (Wildman–Crippen LogP) is 0.536. The standard InChI is InChI=1S/C10H17NO4/c12-9(10(13)14)11-6-7-15-8-4-2-1-3-5-8/h8H,1-7H2,(H,11,12)(H,13,14). The highest BCUT2D eigenvalue weighted by atomic mass is 16.5. The molecular formula is C10H17NO4. The zero-order valence-electron chi connectivity index (χ0n) is 8.70. The predicted molar refractivity (Wildman–Crippen MR) is 53.5 cm³/mol. The lowest BCUT2D eigenvalue weighted by Crippen LogP contribution is -2.34. The summed E-state index contributed by atoms with van der Waals surface area (Å²) in [6.07, 6.45) is 6.12. The average molecular weight is 215 g/mol. The van der Waals surface area contributed by atoms with E-state index in [0.717, 1.165) is 12.8 Å². The third-order valence-corrected chi connectivity index (χ3v) is 2.49. The first-order chi connectivity index (χ1) is 7.20. The molecule has 5 nitrogen and oxygen atoms in total. The van der Waals surface area contributed by atoms with Crippen molar-refractivity contribution < 1.29 is 19.4 Å². The van der Waals surface area contributed by atoms with E-state index in [4.69, 9.17) is 9.84 Å². The summed E-state index contributed by atoms with van der Waals surface area (Å²) in [6, 6.07) is 0. The van der Waals surface area contributed by atoms with E-state index in [-0.39, 0.29) is 6.54 Å². The lowest BCUT2D eigenvalue weighted by molar-refractivity contribution is -0.150. The molecule has 0 aromatic carbocycles. The summed E-state index contributed by atoms with van der Waals surface area (Å²) in [5, 5.41) is 10.5. The molecule has 1 aliphatic carbocycles. The first kappa shape index (κ1) is 12.0. The number of ether oxygens (including phenoxy) is 1. The minimum atomic E-state index is -1.45. The van der Waals surface area contributed by atoms with Crippen molar-refractivity contribution >= 4 is 11.9 Å². The van der Waals surface area contributed by atoms with Crippen LogP contribution in [0.15, 0.2) is 0 Å². The minimum Gasteiger partial charge on any atom is -0.474 e. The monoisotopic (exact) mass is 215 g/mol. The quantitative estimate of drug-likeness (QED) is 0.530. The van der Waals surface area contributed by atoms with Gasteiger partial charge in [0.05, 0.1) is 12.7 Å². The van der Waals surface area contributed by atoms with Crippen LogP contribution in [0.4, 0.5) is 0 Å². The van der Waals surface area contributed by atoms with Gasteiger partial charge in [-0.25, -0.2) is 4.79 Å². The molecule has 0 bridgehead atoms. The van der Waals surface area contributed by atoms with E-state index in [1.165, 1.54) is 19.3 Å². The van der Waals surface area contributed by atoms with Crippen LogP contribution in [0.3, 0.4) is 0 Å². The number of hydrogen-bond acceptors (Lipinski definition) is 3. The summed E-state index contributed by atoms with van der Waals surface area (Å²) < 4.78 is 5.51. The van der Waals surface area contributed by atoms with Crippen molar-refractivity contribution in [3.8, 4) is 0 Å². The van der Waals surface area contributed by atoms with Crippen molar-refractivity contribution in [2.45, 2.75) is 38.2 Å². The smallest absolute Gasteiger partial charge is 0.394 e. The number of amides is 1. The lowest BCUT2D eigenvalue weighted by atomic mass is 9.98. The number of carbonyl (C=O) groups excluding carboxylic acids is 1. The van der Waals surface area contributed by atoms with Gasteiger partial charge in [0.25, 0.3) is 0 Å². The van der Waals surface area contributed by atoms with Crippen molar-refractivity contribution in [2.75, 3.05) is 13.2 Å². The van der Waals surface area contributed by atoms with Crippen molar-refractivity contribution in [3.05, 3.63) is 0 Å². The van der Waals surface area contributed by atoms with Crippen molar-refractivity contribution in [1.29, 1.82) is 0 Å². The molecule has 1 fully saturated rings. The van der Waals surface area contributed by atoms with E-state index < -0.39 is 11.9 Å². The number of rotatable bonds is 4. The third kappa shape index (κ3) is 4.78. The van der Waals surface area contributed by atoms with E-state index in [9.17, 15) is 9.59 Å². The lowest BCUT2D eigenvalue weighted by Gasteiger charge is -2.21. The number of hydrogen-bond donors (Lipinski definition) is 2. The second kappa shape index (κ2) is 6.40. The highest BCUT2D eigenvalue weighted by Gasteiger charge is 2.14. The fourth-order valence-electron chi connectivity index (χ4n) is 1.70. The maximum atomic E-state index is 10.6. The van der Waals surface area contributed by atoms with Crippen molar-refractivity contribution in [3.63, 3.8) is 0 Å². The SMILES string of the molecule is O=C(O)C(=O)NCCOC1CCCCC1. The van der Waals surface area contributed by atoms with Gasteiger partial charge in [-0.2, -0.15) is 0 Å². The molecule has 1 saturated carbocycles. The van der Waals surface area contributed by atoms with Gasteiger partial charge in [-0.05, 0) is 12.8 Å². The zero-order valence-corrected chi connectivity index (χ0v) is 8.70. The van der Waals surface area contributed by atoms with Crippen LogP contribution in [0.1, 0.15) is 32.1 Å². The fourth-order valence-corrected chi connectivity index (χ4v) is 1.70. The van der Waals surface area contributed by atoms with E-state index >= 15 is 0 Å². The van der Waals surface area contributed by atoms with Gasteiger partial charge in [0.1, 0.15) is 0 Å². The summed E-state index contributed by atoms with van der Waals surface area (Å²) in [7, 11) is 0. The Labute approximate surface area is 88.8 Å². The zero-order chi connectivity index (χ0) is 11.1. The minimum absolute atomic E-state index is 0.266. The molecule has 0 aliphatic heterocycles. The second-order valence-electron chi connectivity index (χ2n) is 3.69. The number of carbonyl (C=O) groups is 2. The van der Waals surface area contributed by atoms with Crippen LogP contribution in [0.5, 0.6) is 0 Å². The van der Waals surface area contributed by atoms with Crippen LogP contribution >= 0.6 is 0 Å². The summed E-state index contributed by atoms with van der Waals surface area (Å²) in [5.41, 5.74) is 0. The first-order valence-electron chi connectivity index (χ1n) is 5.33. The van der Waals surface area contributed by atoms with Crippen LogP contribution in [-0.4, -0.2) is 36.2 Å². The molecule has 5 heteroatoms. The molecule has 1 aliphatic rings. The number of carboxylic acid groups (broad SMARTS) is 1. The maximum absolute atomic E-state index is 10.6. The number of aliphatic carboxylic acids is 1. The van der Waals surface area contributed by atoms with Crippen LogP contribution in [0.2, 0.25) is 0 Å². The average Bonchev–Trinajstić information content (AvgIpc) is 2.25. The van der Waals surface area contributed by atoms with E-state index in [1.54, 1.807) is 0 Å². The van der Waals surface area contributed by atoms with Crippen LogP contribution in [-0.2, 0) is 14.3 Å². The number of carboxylic acids is 1. The molecule has 0 unspecified atom stereocenters. The molecule has 1 rings (SSSR count). The summed E-state index contributed by atoms with van der Waals surface area (Å²) >= 11 is 0. The van der Waals surface area contributed by atoms with Gasteiger partial charge >= 0.3 is 11.9 Å². The summed E-state index contributed by atoms with van der Waals surface area (Å²) in [4.78, 5) is 20.8. The van der Waals surface area contributed by atoms with Crippen molar-refractivity contribution in [1.82, 2.24) is 5.32 Å². The van der Waals surface area contributed by atoms with Gasteiger partial charge in [-0.3, -0.25) is 4.79 Å². The Balaban J connectivity index is 2.01. The molecule has 0 saturated heterocycles. The molecule has 15 heavy (non-hydrogen) atoms. The molecule has 0 heterocycles. The molecule has 0 aromatic rings. The number of nitrogens with one attached hydrogen (secondary N) is 1. The van der Waals surface area contributed by atoms with Crippen molar-refractivity contribution in [2.24, 2.45) is 0 Å². The Morgan fingerprint density at radius 3 is 2.53 bits per heavy atom. The Morgan fingerprint density at radius 1 is 1.27 bits per heavy atom. The Kier molecular flexibility index (Phi) is 5.10. The Hall–Kier alpha value is -1.10. The van der Waals surface area contributed by atoms with Gasteiger partial charge in [0.15, 0.2) is 0 Å². The molecule has 1 amide bonds. The summed E-state index contributed by atoms with van der Waals surface area (Å²) in [6.45, 7) is 0.658. The molecule has 0 spiro atoms. The second-order valence-corrected chi connectivity index (χ2v) is 3.69. The van der Waals surface area contributed by atoms with Gasteiger partial charge in [-0.1, -0.05) is 19.3 Å². The van der Waals surface area contributed by atoms with Gasteiger partial charge < -0.3 is 15.2 Å². The first-order valence-corrected chi connectivity index (χ1v) is 5.33. The molecule has 2 N–H and O–H groups in total. The molecule has 0 radical (unpaired) electrons. The van der Waals surface area contributed by atoms with Gasteiger partial charge in [0, 0.05) is 6.54 Å². The van der Waals surface area contributed by atoms with E-state index in [0.29, 0.717) is 12.7 Å². The maximum Gasteiger partial charge on any atom is 0.394 e.